The largest absolute Gasteiger partial charge is 0.291 e. The summed E-state index contributed by atoms with van der Waals surface area (Å²) < 4.78 is 0. The van der Waals surface area contributed by atoms with Crippen LogP contribution in [0.1, 0.15) is 117 Å². The van der Waals surface area contributed by atoms with Crippen molar-refractivity contribution in [2.24, 2.45) is 5.92 Å². The van der Waals surface area contributed by atoms with E-state index in [-0.39, 0.29) is 0 Å². The minimum Gasteiger partial charge on any atom is -0.291 e. The Morgan fingerprint density at radius 3 is 1.62 bits per heavy atom. The molecule has 125 valence electrons. The first kappa shape index (κ1) is 20.7. The third kappa shape index (κ3) is 15.9. The smallest absolute Gasteiger partial charge is 0.198 e. The summed E-state index contributed by atoms with van der Waals surface area (Å²) in [6, 6.07) is 0. The summed E-state index contributed by atoms with van der Waals surface area (Å²) in [5, 5.41) is 0. The van der Waals surface area contributed by atoms with E-state index < -0.39 is 0 Å². The standard InChI is InChI=1S/C20H39O/c1-3-5-6-7-11-14-17-20(4-2)18-15-12-9-8-10-13-16-19-21/h20H,3-18H2,1-2H3. The van der Waals surface area contributed by atoms with Crippen molar-refractivity contribution in [3.63, 3.8) is 0 Å². The van der Waals surface area contributed by atoms with Crippen molar-refractivity contribution in [1.29, 1.82) is 0 Å². The highest BCUT2D eigenvalue weighted by Gasteiger charge is 2.05. The van der Waals surface area contributed by atoms with Crippen molar-refractivity contribution >= 4 is 6.29 Å². The van der Waals surface area contributed by atoms with Gasteiger partial charge in [0.15, 0.2) is 6.29 Å². The lowest BCUT2D eigenvalue weighted by atomic mass is 9.92. The Morgan fingerprint density at radius 1 is 0.667 bits per heavy atom. The van der Waals surface area contributed by atoms with Crippen LogP contribution in [0, 0.1) is 5.92 Å². The van der Waals surface area contributed by atoms with Gasteiger partial charge in [-0.2, -0.15) is 0 Å². The second-order valence-electron chi connectivity index (χ2n) is 6.64. The molecule has 0 N–H and O–H groups in total. The van der Waals surface area contributed by atoms with Crippen LogP contribution in [-0.4, -0.2) is 6.29 Å². The van der Waals surface area contributed by atoms with Gasteiger partial charge in [0, 0.05) is 6.42 Å². The Kier molecular flexibility index (Phi) is 17.4. The zero-order valence-electron chi connectivity index (χ0n) is 14.8. The molecule has 0 aromatic heterocycles. The molecule has 0 bridgehead atoms. The summed E-state index contributed by atoms with van der Waals surface area (Å²) in [7, 11) is 0. The molecule has 0 heterocycles. The first-order valence-electron chi connectivity index (χ1n) is 9.70. The van der Waals surface area contributed by atoms with Gasteiger partial charge in [-0.05, 0) is 12.3 Å². The SMILES string of the molecule is CCCCCCCCC(CC)CCCCCCCC[C]=O. The van der Waals surface area contributed by atoms with Crippen molar-refractivity contribution in [1.82, 2.24) is 0 Å². The molecule has 1 unspecified atom stereocenters. The molecule has 0 aromatic rings. The van der Waals surface area contributed by atoms with Crippen LogP contribution >= 0.6 is 0 Å². The average molecular weight is 296 g/mol. The lowest BCUT2D eigenvalue weighted by Gasteiger charge is -2.14. The van der Waals surface area contributed by atoms with Crippen LogP contribution in [0.15, 0.2) is 0 Å². The van der Waals surface area contributed by atoms with E-state index in [1.54, 1.807) is 0 Å². The molecule has 0 spiro atoms. The maximum absolute atomic E-state index is 10.1. The number of rotatable bonds is 17. The predicted molar refractivity (Wildman–Crippen MR) is 94.4 cm³/mol. The fraction of sp³-hybridized carbons (Fsp3) is 0.950. The van der Waals surface area contributed by atoms with Gasteiger partial charge in [0.05, 0.1) is 0 Å². The molecule has 1 nitrogen and oxygen atoms in total. The van der Waals surface area contributed by atoms with Gasteiger partial charge in [-0.1, -0.05) is 104 Å². The molecule has 0 amide bonds. The van der Waals surface area contributed by atoms with E-state index in [1.807, 2.05) is 6.29 Å². The summed E-state index contributed by atoms with van der Waals surface area (Å²) in [6.45, 7) is 4.64. The number of hydrogen-bond donors (Lipinski definition) is 0. The van der Waals surface area contributed by atoms with Gasteiger partial charge in [-0.3, -0.25) is 4.79 Å². The Balaban J connectivity index is 3.30. The van der Waals surface area contributed by atoms with Gasteiger partial charge in [-0.15, -0.1) is 0 Å². The molecule has 0 aromatic carbocycles. The fourth-order valence-corrected chi connectivity index (χ4v) is 3.10. The van der Waals surface area contributed by atoms with E-state index in [1.165, 1.54) is 89.9 Å². The molecular weight excluding hydrogens is 256 g/mol. The molecule has 0 rings (SSSR count). The van der Waals surface area contributed by atoms with Crippen LogP contribution in [0.3, 0.4) is 0 Å². The van der Waals surface area contributed by atoms with Crippen LogP contribution in [-0.2, 0) is 4.79 Å². The molecule has 21 heavy (non-hydrogen) atoms. The quantitative estimate of drug-likeness (QED) is 0.264. The molecule has 0 saturated heterocycles. The van der Waals surface area contributed by atoms with Gasteiger partial charge in [0.2, 0.25) is 0 Å². The average Bonchev–Trinajstić information content (AvgIpc) is 2.51. The first-order chi connectivity index (χ1) is 10.3. The van der Waals surface area contributed by atoms with Crippen LogP contribution < -0.4 is 0 Å². The highest BCUT2D eigenvalue weighted by Crippen LogP contribution is 2.21. The molecular formula is C20H39O. The highest BCUT2D eigenvalue weighted by molar-refractivity contribution is 5.50. The topological polar surface area (TPSA) is 17.1 Å². The van der Waals surface area contributed by atoms with Gasteiger partial charge in [-0.25, -0.2) is 0 Å². The molecule has 0 fully saturated rings. The van der Waals surface area contributed by atoms with Crippen molar-refractivity contribution in [2.45, 2.75) is 117 Å². The third-order valence-corrected chi connectivity index (χ3v) is 4.68. The van der Waals surface area contributed by atoms with E-state index in [2.05, 4.69) is 13.8 Å². The van der Waals surface area contributed by atoms with Crippen LogP contribution in [0.25, 0.3) is 0 Å². The minimum atomic E-state index is 0.635. The van der Waals surface area contributed by atoms with Gasteiger partial charge < -0.3 is 0 Å². The first-order valence-corrected chi connectivity index (χ1v) is 9.70. The molecule has 1 heteroatoms. The van der Waals surface area contributed by atoms with Gasteiger partial charge in [0.25, 0.3) is 0 Å². The minimum absolute atomic E-state index is 0.635. The Hall–Kier alpha value is -0.330. The maximum atomic E-state index is 10.1. The second kappa shape index (κ2) is 17.7. The van der Waals surface area contributed by atoms with E-state index in [4.69, 9.17) is 0 Å². The molecule has 0 saturated carbocycles. The van der Waals surface area contributed by atoms with Crippen molar-refractivity contribution in [2.75, 3.05) is 0 Å². The predicted octanol–water partition coefficient (Wildman–Crippen LogP) is 6.99. The molecule has 0 aliphatic carbocycles. The molecule has 0 aliphatic heterocycles. The molecule has 1 atom stereocenters. The monoisotopic (exact) mass is 295 g/mol. The highest BCUT2D eigenvalue weighted by atomic mass is 16.1. The second-order valence-corrected chi connectivity index (χ2v) is 6.64. The summed E-state index contributed by atoms with van der Waals surface area (Å²) >= 11 is 0. The zero-order chi connectivity index (χ0) is 15.6. The molecule has 0 aliphatic rings. The van der Waals surface area contributed by atoms with Gasteiger partial charge in [0.1, 0.15) is 0 Å². The van der Waals surface area contributed by atoms with E-state index in [0.717, 1.165) is 12.3 Å². The molecule has 1 radical (unpaired) electrons. The Bertz CT molecular complexity index is 200. The Labute approximate surface area is 134 Å². The lowest BCUT2D eigenvalue weighted by Crippen LogP contribution is -1.99. The van der Waals surface area contributed by atoms with Crippen molar-refractivity contribution in [3.8, 4) is 0 Å². The number of hydrogen-bond acceptors (Lipinski definition) is 1. The van der Waals surface area contributed by atoms with Crippen LogP contribution in [0.5, 0.6) is 0 Å². The van der Waals surface area contributed by atoms with Crippen LogP contribution in [0.2, 0.25) is 0 Å². The van der Waals surface area contributed by atoms with E-state index >= 15 is 0 Å². The van der Waals surface area contributed by atoms with E-state index in [0.29, 0.717) is 6.42 Å². The van der Waals surface area contributed by atoms with Crippen molar-refractivity contribution < 1.29 is 4.79 Å². The summed E-state index contributed by atoms with van der Waals surface area (Å²) in [4.78, 5) is 10.1. The van der Waals surface area contributed by atoms with Gasteiger partial charge >= 0.3 is 0 Å². The number of unbranched alkanes of at least 4 members (excludes halogenated alkanes) is 11. The number of carbonyl (C=O) groups excluding carboxylic acids is 1. The van der Waals surface area contributed by atoms with Crippen LogP contribution in [0.4, 0.5) is 0 Å². The maximum Gasteiger partial charge on any atom is 0.198 e. The normalized spacial score (nSPS) is 12.5. The van der Waals surface area contributed by atoms with E-state index in [9.17, 15) is 4.79 Å². The zero-order valence-corrected chi connectivity index (χ0v) is 14.8. The Morgan fingerprint density at radius 2 is 1.14 bits per heavy atom. The summed E-state index contributed by atoms with van der Waals surface area (Å²) in [6.07, 6.45) is 23.1. The summed E-state index contributed by atoms with van der Waals surface area (Å²) in [5.41, 5.74) is 0. The summed E-state index contributed by atoms with van der Waals surface area (Å²) in [5.74, 6) is 0.973. The lowest BCUT2D eigenvalue weighted by molar-refractivity contribution is 0.392. The van der Waals surface area contributed by atoms with Crippen molar-refractivity contribution in [3.05, 3.63) is 0 Å². The fourth-order valence-electron chi connectivity index (χ4n) is 3.10. The third-order valence-electron chi connectivity index (χ3n) is 4.68.